The second-order valence-corrected chi connectivity index (χ2v) is 7.57. The lowest BCUT2D eigenvalue weighted by Crippen LogP contribution is -2.46. The maximum atomic E-state index is 12.2. The van der Waals surface area contributed by atoms with Gasteiger partial charge in [-0.3, -0.25) is 19.5 Å². The number of fused-ring (bicyclic) bond motifs is 1. The van der Waals surface area contributed by atoms with Crippen LogP contribution in [0.15, 0.2) is 18.3 Å². The van der Waals surface area contributed by atoms with Crippen LogP contribution in [0.3, 0.4) is 0 Å². The van der Waals surface area contributed by atoms with Crippen molar-refractivity contribution in [1.82, 2.24) is 24.4 Å². The molecule has 1 saturated heterocycles. The molecule has 2 aliphatic rings. The average molecular weight is 381 g/mol. The molecule has 12 heteroatoms. The number of amides is 6. The molecule has 3 rings (SSSR count). The predicted octanol–water partition coefficient (Wildman–Crippen LogP) is -0.916. The van der Waals surface area contributed by atoms with Crippen molar-refractivity contribution in [2.24, 2.45) is 0 Å². The van der Waals surface area contributed by atoms with E-state index in [4.69, 9.17) is 0 Å². The van der Waals surface area contributed by atoms with Crippen LogP contribution in [0.5, 0.6) is 0 Å². The molecule has 138 valence electrons. The number of rotatable bonds is 4. The summed E-state index contributed by atoms with van der Waals surface area (Å²) in [6, 6.07) is 1.30. The number of carbonyl (C=O) groups excluding carboxylic acids is 4. The van der Waals surface area contributed by atoms with Crippen LogP contribution in [0.4, 0.5) is 9.59 Å². The first-order valence-corrected chi connectivity index (χ1v) is 9.45. The zero-order valence-electron chi connectivity index (χ0n) is 13.7. The van der Waals surface area contributed by atoms with Crippen molar-refractivity contribution < 1.29 is 27.6 Å². The molecule has 11 nitrogen and oxygen atoms in total. The second kappa shape index (κ2) is 6.37. The Morgan fingerprint density at radius 3 is 2.58 bits per heavy atom. The van der Waals surface area contributed by atoms with Crippen molar-refractivity contribution in [3.63, 3.8) is 0 Å². The van der Waals surface area contributed by atoms with E-state index in [9.17, 15) is 27.6 Å². The van der Waals surface area contributed by atoms with Crippen molar-refractivity contribution in [2.75, 3.05) is 32.4 Å². The van der Waals surface area contributed by atoms with E-state index in [1.54, 1.807) is 6.07 Å². The van der Waals surface area contributed by atoms with Gasteiger partial charge in [0, 0.05) is 19.3 Å². The Hall–Kier alpha value is -3.02. The Balaban J connectivity index is 1.56. The van der Waals surface area contributed by atoms with E-state index in [1.165, 1.54) is 12.3 Å². The predicted molar refractivity (Wildman–Crippen MR) is 86.7 cm³/mol. The number of urea groups is 2. The quantitative estimate of drug-likeness (QED) is 0.666. The first-order valence-electron chi connectivity index (χ1n) is 7.60. The van der Waals surface area contributed by atoms with Gasteiger partial charge in [0.15, 0.2) is 0 Å². The number of aromatic nitrogens is 1. The second-order valence-electron chi connectivity index (χ2n) is 5.66. The molecule has 3 heterocycles. The van der Waals surface area contributed by atoms with Crippen LogP contribution in [0.1, 0.15) is 20.8 Å². The summed E-state index contributed by atoms with van der Waals surface area (Å²) in [4.78, 5) is 53.9. The van der Waals surface area contributed by atoms with Gasteiger partial charge in [-0.25, -0.2) is 27.2 Å². The first-order chi connectivity index (χ1) is 12.2. The van der Waals surface area contributed by atoms with E-state index >= 15 is 0 Å². The fourth-order valence-electron chi connectivity index (χ4n) is 2.70. The molecular weight excluding hydrogens is 366 g/mol. The molecule has 0 radical (unpaired) electrons. The molecule has 1 aromatic heterocycles. The smallest absolute Gasteiger partial charge is 0.336 e. The summed E-state index contributed by atoms with van der Waals surface area (Å²) >= 11 is 0. The normalized spacial score (nSPS) is 17.1. The molecule has 1 fully saturated rings. The highest BCUT2D eigenvalue weighted by atomic mass is 32.2. The molecule has 0 aromatic carbocycles. The maximum absolute atomic E-state index is 12.2. The fraction of sp³-hybridized carbons (Fsp3) is 0.357. The van der Waals surface area contributed by atoms with Crippen molar-refractivity contribution in [3.8, 4) is 0 Å². The molecule has 1 aromatic rings. The van der Waals surface area contributed by atoms with Gasteiger partial charge in [-0.1, -0.05) is 0 Å². The summed E-state index contributed by atoms with van der Waals surface area (Å²) in [6.45, 7) is -0.381. The Morgan fingerprint density at radius 1 is 1.23 bits per heavy atom. The number of nitrogens with one attached hydrogen (secondary N) is 1. The van der Waals surface area contributed by atoms with Crippen LogP contribution < -0.4 is 5.32 Å². The van der Waals surface area contributed by atoms with E-state index in [1.807, 2.05) is 0 Å². The van der Waals surface area contributed by atoms with E-state index in [0.29, 0.717) is 4.31 Å². The molecule has 1 N–H and O–H groups in total. The van der Waals surface area contributed by atoms with Crippen LogP contribution in [0, 0.1) is 0 Å². The Morgan fingerprint density at radius 2 is 1.96 bits per heavy atom. The molecule has 0 saturated carbocycles. The van der Waals surface area contributed by atoms with Crippen molar-refractivity contribution in [3.05, 3.63) is 29.6 Å². The molecule has 0 bridgehead atoms. The molecule has 6 amide bonds. The largest absolute Gasteiger partial charge is 0.341 e. The molecule has 0 atom stereocenters. The number of hydrogen-bond acceptors (Lipinski definition) is 7. The summed E-state index contributed by atoms with van der Waals surface area (Å²) in [5.74, 6) is -1.06. The minimum atomic E-state index is -3.74. The van der Waals surface area contributed by atoms with Crippen molar-refractivity contribution in [2.45, 2.75) is 0 Å². The van der Waals surface area contributed by atoms with Crippen LogP contribution >= 0.6 is 0 Å². The number of nitrogens with zero attached hydrogens (tertiary/aromatic N) is 4. The highest BCUT2D eigenvalue weighted by Gasteiger charge is 2.39. The Kier molecular flexibility index (Phi) is 4.36. The van der Waals surface area contributed by atoms with Crippen molar-refractivity contribution in [1.29, 1.82) is 0 Å². The minimum Gasteiger partial charge on any atom is -0.336 e. The maximum Gasteiger partial charge on any atom is 0.341 e. The highest BCUT2D eigenvalue weighted by molar-refractivity contribution is 7.88. The third-order valence-electron chi connectivity index (χ3n) is 3.96. The fourth-order valence-corrected chi connectivity index (χ4v) is 3.50. The molecule has 2 aliphatic heterocycles. The average Bonchev–Trinajstić information content (AvgIpc) is 3.08. The van der Waals surface area contributed by atoms with Gasteiger partial charge in [0.05, 0.1) is 24.9 Å². The summed E-state index contributed by atoms with van der Waals surface area (Å²) in [7, 11) is -3.74. The zero-order chi connectivity index (χ0) is 19.1. The molecule has 0 unspecified atom stereocenters. The SMILES string of the molecule is CS(=O)(=O)N1CCN(C(=O)NCCN2C(=O)c3cccnc3C2=O)C1=O. The summed E-state index contributed by atoms with van der Waals surface area (Å²) in [5.41, 5.74) is 0.254. The van der Waals surface area contributed by atoms with Crippen LogP contribution in [0.25, 0.3) is 0 Å². The Bertz CT molecular complexity index is 879. The van der Waals surface area contributed by atoms with E-state index < -0.39 is 33.9 Å². The molecular formula is C14H15N5O6S. The van der Waals surface area contributed by atoms with Crippen LogP contribution in [-0.2, 0) is 10.0 Å². The lowest BCUT2D eigenvalue weighted by molar-refractivity contribution is 0.0653. The monoisotopic (exact) mass is 381 g/mol. The number of hydrogen-bond donors (Lipinski definition) is 1. The van der Waals surface area contributed by atoms with Gasteiger partial charge in [0.1, 0.15) is 5.69 Å². The minimum absolute atomic E-state index is 0.0577. The summed E-state index contributed by atoms with van der Waals surface area (Å²) in [6.07, 6.45) is 2.28. The first kappa shape index (κ1) is 17.8. The van der Waals surface area contributed by atoms with Gasteiger partial charge in [-0.2, -0.15) is 0 Å². The van der Waals surface area contributed by atoms with Gasteiger partial charge < -0.3 is 5.32 Å². The molecule has 26 heavy (non-hydrogen) atoms. The van der Waals surface area contributed by atoms with Gasteiger partial charge in [-0.05, 0) is 12.1 Å². The van der Waals surface area contributed by atoms with E-state index in [2.05, 4.69) is 10.3 Å². The van der Waals surface area contributed by atoms with Crippen LogP contribution in [-0.4, -0.2) is 83.8 Å². The zero-order valence-corrected chi connectivity index (χ0v) is 14.5. The van der Waals surface area contributed by atoms with Gasteiger partial charge in [-0.15, -0.1) is 0 Å². The Labute approximate surface area is 148 Å². The summed E-state index contributed by atoms with van der Waals surface area (Å²) in [5, 5.41) is 2.40. The standard InChI is InChI=1S/C14H15N5O6S/c1-26(24,25)19-8-7-18(14(19)23)13(22)16-5-6-17-11(20)9-3-2-4-15-10(9)12(17)21/h2-4H,5-8H2,1H3,(H,16,22). The van der Waals surface area contributed by atoms with Crippen LogP contribution in [0.2, 0.25) is 0 Å². The third-order valence-corrected chi connectivity index (χ3v) is 5.10. The highest BCUT2D eigenvalue weighted by Crippen LogP contribution is 2.19. The lowest BCUT2D eigenvalue weighted by Gasteiger charge is -2.18. The number of imide groups is 2. The van der Waals surface area contributed by atoms with Gasteiger partial charge in [0.2, 0.25) is 10.0 Å². The third kappa shape index (κ3) is 2.98. The van der Waals surface area contributed by atoms with E-state index in [0.717, 1.165) is 16.1 Å². The van der Waals surface area contributed by atoms with Gasteiger partial charge in [0.25, 0.3) is 11.8 Å². The number of sulfonamides is 1. The number of carbonyl (C=O) groups is 4. The van der Waals surface area contributed by atoms with E-state index in [-0.39, 0.29) is 37.4 Å². The molecule has 0 aliphatic carbocycles. The number of pyridine rings is 1. The molecule has 0 spiro atoms. The summed E-state index contributed by atoms with van der Waals surface area (Å²) < 4.78 is 23.5. The topological polar surface area (TPSA) is 137 Å². The van der Waals surface area contributed by atoms with Crippen molar-refractivity contribution >= 4 is 33.9 Å². The lowest BCUT2D eigenvalue weighted by atomic mass is 10.2. The van der Waals surface area contributed by atoms with Gasteiger partial charge >= 0.3 is 12.1 Å².